The fraction of sp³-hybridized carbons (Fsp3) is 0.765. The maximum Gasteiger partial charge on any atom is 0.226 e. The van der Waals surface area contributed by atoms with E-state index in [1.54, 1.807) is 4.68 Å². The molecule has 2 amide bonds. The number of amides is 2. The highest BCUT2D eigenvalue weighted by atomic mass is 16.2. The molecule has 1 aromatic heterocycles. The predicted molar refractivity (Wildman–Crippen MR) is 92.8 cm³/mol. The number of aryl methyl sites for hydroxylation is 2. The lowest BCUT2D eigenvalue weighted by Crippen LogP contribution is -2.49. The van der Waals surface area contributed by atoms with Gasteiger partial charge in [0, 0.05) is 32.7 Å². The van der Waals surface area contributed by atoms with Gasteiger partial charge in [-0.25, -0.2) is 9.67 Å². The Morgan fingerprint density at radius 1 is 1.20 bits per heavy atom. The summed E-state index contributed by atoms with van der Waals surface area (Å²) in [5, 5.41) is 10.5. The molecule has 25 heavy (non-hydrogen) atoms. The van der Waals surface area contributed by atoms with E-state index in [9.17, 15) is 9.59 Å². The SMILES string of the molecule is Cc1nc(C)n(CCNC(=O)[C@H]2CNC[C@@H](C(=O)N3CCCC3)C2)n1. The molecule has 2 saturated heterocycles. The van der Waals surface area contributed by atoms with E-state index in [1.807, 2.05) is 18.7 Å². The van der Waals surface area contributed by atoms with E-state index in [0.29, 0.717) is 32.6 Å². The molecule has 0 spiro atoms. The number of likely N-dealkylation sites (tertiary alicyclic amines) is 1. The van der Waals surface area contributed by atoms with Crippen molar-refractivity contribution in [3.63, 3.8) is 0 Å². The standard InChI is InChI=1S/C17H28N6O2/c1-12-20-13(2)23(21-12)8-5-19-16(24)14-9-15(11-18-10-14)17(25)22-6-3-4-7-22/h14-15,18H,3-11H2,1-2H3,(H,19,24)/t14-,15+/m1/s1. The van der Waals surface area contributed by atoms with E-state index in [4.69, 9.17) is 0 Å². The molecule has 2 atom stereocenters. The van der Waals surface area contributed by atoms with Gasteiger partial charge in [0.2, 0.25) is 11.8 Å². The Hall–Kier alpha value is -1.96. The number of aromatic nitrogens is 3. The van der Waals surface area contributed by atoms with Crippen molar-refractivity contribution in [3.8, 4) is 0 Å². The number of piperidine rings is 1. The topological polar surface area (TPSA) is 92.2 Å². The number of carbonyl (C=O) groups is 2. The molecular weight excluding hydrogens is 320 g/mol. The fourth-order valence-electron chi connectivity index (χ4n) is 3.73. The lowest BCUT2D eigenvalue weighted by atomic mass is 9.89. The zero-order chi connectivity index (χ0) is 17.8. The molecule has 2 aliphatic heterocycles. The van der Waals surface area contributed by atoms with Gasteiger partial charge in [0.15, 0.2) is 0 Å². The van der Waals surface area contributed by atoms with Crippen molar-refractivity contribution in [1.82, 2.24) is 30.3 Å². The minimum absolute atomic E-state index is 0.0147. The van der Waals surface area contributed by atoms with Crippen LogP contribution >= 0.6 is 0 Å². The molecule has 1 aromatic rings. The van der Waals surface area contributed by atoms with Gasteiger partial charge in [-0.05, 0) is 33.1 Å². The molecule has 2 aliphatic rings. The Labute approximate surface area is 148 Å². The second-order valence-electron chi connectivity index (χ2n) is 7.04. The van der Waals surface area contributed by atoms with Gasteiger partial charge in [-0.2, -0.15) is 5.10 Å². The van der Waals surface area contributed by atoms with Gasteiger partial charge < -0.3 is 15.5 Å². The largest absolute Gasteiger partial charge is 0.354 e. The third-order valence-corrected chi connectivity index (χ3v) is 5.07. The Morgan fingerprint density at radius 2 is 1.92 bits per heavy atom. The maximum absolute atomic E-state index is 12.5. The van der Waals surface area contributed by atoms with Gasteiger partial charge in [-0.3, -0.25) is 9.59 Å². The number of hydrogen-bond donors (Lipinski definition) is 2. The molecule has 138 valence electrons. The molecule has 3 rings (SSSR count). The quantitative estimate of drug-likeness (QED) is 0.773. The summed E-state index contributed by atoms with van der Waals surface area (Å²) in [6, 6.07) is 0. The molecule has 0 aromatic carbocycles. The van der Waals surface area contributed by atoms with Gasteiger partial charge in [0.1, 0.15) is 11.6 Å². The second-order valence-corrected chi connectivity index (χ2v) is 7.04. The maximum atomic E-state index is 12.5. The van der Waals surface area contributed by atoms with Gasteiger partial charge >= 0.3 is 0 Å². The van der Waals surface area contributed by atoms with E-state index in [0.717, 1.165) is 37.6 Å². The van der Waals surface area contributed by atoms with Crippen molar-refractivity contribution in [2.45, 2.75) is 39.7 Å². The summed E-state index contributed by atoms with van der Waals surface area (Å²) < 4.78 is 1.80. The van der Waals surface area contributed by atoms with Crippen molar-refractivity contribution >= 4 is 11.8 Å². The number of carbonyl (C=O) groups excluding carboxylic acids is 2. The zero-order valence-corrected chi connectivity index (χ0v) is 15.1. The van der Waals surface area contributed by atoms with E-state index < -0.39 is 0 Å². The molecule has 3 heterocycles. The molecule has 0 bridgehead atoms. The normalized spacial score (nSPS) is 23.7. The van der Waals surface area contributed by atoms with Crippen LogP contribution in [-0.4, -0.2) is 64.2 Å². The van der Waals surface area contributed by atoms with Crippen LogP contribution in [0.25, 0.3) is 0 Å². The van der Waals surface area contributed by atoms with E-state index in [-0.39, 0.29) is 23.7 Å². The molecule has 2 fully saturated rings. The minimum Gasteiger partial charge on any atom is -0.354 e. The number of nitrogens with zero attached hydrogens (tertiary/aromatic N) is 4. The first-order chi connectivity index (χ1) is 12.0. The van der Waals surface area contributed by atoms with Crippen LogP contribution < -0.4 is 10.6 Å². The monoisotopic (exact) mass is 348 g/mol. The number of rotatable bonds is 5. The van der Waals surface area contributed by atoms with Crippen LogP contribution in [0.1, 0.15) is 30.9 Å². The van der Waals surface area contributed by atoms with Crippen LogP contribution in [0.15, 0.2) is 0 Å². The van der Waals surface area contributed by atoms with Crippen LogP contribution in [-0.2, 0) is 16.1 Å². The Kier molecular flexibility index (Phi) is 5.67. The lowest BCUT2D eigenvalue weighted by Gasteiger charge is -2.31. The van der Waals surface area contributed by atoms with Crippen molar-refractivity contribution in [2.75, 3.05) is 32.7 Å². The second kappa shape index (κ2) is 7.95. The summed E-state index contributed by atoms with van der Waals surface area (Å²) in [6.07, 6.45) is 2.82. The minimum atomic E-state index is -0.149. The van der Waals surface area contributed by atoms with Crippen molar-refractivity contribution in [3.05, 3.63) is 11.6 Å². The summed E-state index contributed by atoms with van der Waals surface area (Å²) in [4.78, 5) is 31.2. The summed E-state index contributed by atoms with van der Waals surface area (Å²) >= 11 is 0. The molecule has 0 saturated carbocycles. The molecular formula is C17H28N6O2. The van der Waals surface area contributed by atoms with Crippen LogP contribution in [0.3, 0.4) is 0 Å². The average molecular weight is 348 g/mol. The lowest BCUT2D eigenvalue weighted by molar-refractivity contribution is -0.136. The van der Waals surface area contributed by atoms with E-state index in [1.165, 1.54) is 0 Å². The Bertz CT molecular complexity index is 623. The molecule has 0 radical (unpaired) electrons. The van der Waals surface area contributed by atoms with Crippen LogP contribution in [0.2, 0.25) is 0 Å². The highest BCUT2D eigenvalue weighted by molar-refractivity contribution is 5.83. The summed E-state index contributed by atoms with van der Waals surface area (Å²) in [6.45, 7) is 7.92. The number of nitrogens with one attached hydrogen (secondary N) is 2. The average Bonchev–Trinajstić information content (AvgIpc) is 3.24. The summed E-state index contributed by atoms with van der Waals surface area (Å²) in [5.74, 6) is 1.58. The highest BCUT2D eigenvalue weighted by Gasteiger charge is 2.33. The molecule has 8 heteroatoms. The smallest absolute Gasteiger partial charge is 0.226 e. The predicted octanol–water partition coefficient (Wildman–Crippen LogP) is -0.141. The molecule has 0 aliphatic carbocycles. The van der Waals surface area contributed by atoms with Gasteiger partial charge in [-0.1, -0.05) is 0 Å². The first kappa shape index (κ1) is 17.8. The first-order valence-corrected chi connectivity index (χ1v) is 9.20. The third kappa shape index (κ3) is 4.36. The van der Waals surface area contributed by atoms with Crippen LogP contribution in [0.4, 0.5) is 0 Å². The molecule has 2 N–H and O–H groups in total. The van der Waals surface area contributed by atoms with E-state index in [2.05, 4.69) is 20.7 Å². The number of hydrogen-bond acceptors (Lipinski definition) is 5. The molecule has 8 nitrogen and oxygen atoms in total. The molecule has 0 unspecified atom stereocenters. The van der Waals surface area contributed by atoms with Crippen LogP contribution in [0.5, 0.6) is 0 Å². The Balaban J connectivity index is 1.46. The van der Waals surface area contributed by atoms with Crippen LogP contribution in [0, 0.1) is 25.7 Å². The fourth-order valence-corrected chi connectivity index (χ4v) is 3.73. The van der Waals surface area contributed by atoms with E-state index >= 15 is 0 Å². The first-order valence-electron chi connectivity index (χ1n) is 9.20. The zero-order valence-electron chi connectivity index (χ0n) is 15.1. The van der Waals surface area contributed by atoms with Crippen molar-refractivity contribution < 1.29 is 9.59 Å². The van der Waals surface area contributed by atoms with Gasteiger partial charge in [-0.15, -0.1) is 0 Å². The third-order valence-electron chi connectivity index (χ3n) is 5.07. The van der Waals surface area contributed by atoms with Crippen molar-refractivity contribution in [2.24, 2.45) is 11.8 Å². The van der Waals surface area contributed by atoms with Gasteiger partial charge in [0.25, 0.3) is 0 Å². The highest BCUT2D eigenvalue weighted by Crippen LogP contribution is 2.21. The Morgan fingerprint density at radius 3 is 2.60 bits per heavy atom. The van der Waals surface area contributed by atoms with Gasteiger partial charge in [0.05, 0.1) is 18.4 Å². The summed E-state index contributed by atoms with van der Waals surface area (Å²) in [7, 11) is 0. The summed E-state index contributed by atoms with van der Waals surface area (Å²) in [5.41, 5.74) is 0. The van der Waals surface area contributed by atoms with Crippen molar-refractivity contribution in [1.29, 1.82) is 0 Å².